The number of amides is 1. The second-order valence-corrected chi connectivity index (χ2v) is 3.33. The first-order valence-electron chi connectivity index (χ1n) is 5.25. The average molecular weight is 223 g/mol. The lowest BCUT2D eigenvalue weighted by Gasteiger charge is -2.14. The summed E-state index contributed by atoms with van der Waals surface area (Å²) in [4.78, 5) is 11.4. The third-order valence-electron chi connectivity index (χ3n) is 2.09. The van der Waals surface area contributed by atoms with Crippen molar-refractivity contribution in [1.29, 1.82) is 0 Å². The second kappa shape index (κ2) is 6.00. The van der Waals surface area contributed by atoms with Crippen LogP contribution in [0.2, 0.25) is 0 Å². The third-order valence-corrected chi connectivity index (χ3v) is 2.09. The van der Waals surface area contributed by atoms with Crippen LogP contribution >= 0.6 is 0 Å². The van der Waals surface area contributed by atoms with E-state index in [9.17, 15) is 4.79 Å². The highest BCUT2D eigenvalue weighted by Crippen LogP contribution is 2.18. The van der Waals surface area contributed by atoms with Crippen LogP contribution in [0.15, 0.2) is 24.3 Å². The van der Waals surface area contributed by atoms with Crippen LogP contribution in [-0.4, -0.2) is 25.7 Å². The average Bonchev–Trinajstić information content (AvgIpc) is 2.30. The lowest BCUT2D eigenvalue weighted by atomic mass is 10.3. The van der Waals surface area contributed by atoms with Crippen molar-refractivity contribution in [1.82, 2.24) is 5.32 Å². The van der Waals surface area contributed by atoms with Crippen LogP contribution in [0.5, 0.6) is 11.5 Å². The highest BCUT2D eigenvalue weighted by molar-refractivity contribution is 5.80. The summed E-state index contributed by atoms with van der Waals surface area (Å²) < 4.78 is 10.5. The Bertz CT molecular complexity index is 335. The summed E-state index contributed by atoms with van der Waals surface area (Å²) in [6.45, 7) is 4.20. The highest BCUT2D eigenvalue weighted by Gasteiger charge is 2.12. The molecule has 16 heavy (non-hydrogen) atoms. The van der Waals surface area contributed by atoms with Crippen LogP contribution in [0.1, 0.15) is 13.8 Å². The van der Waals surface area contributed by atoms with Gasteiger partial charge in [-0.25, -0.2) is 0 Å². The Kier molecular flexibility index (Phi) is 4.64. The van der Waals surface area contributed by atoms with Gasteiger partial charge in [0.05, 0.1) is 7.11 Å². The van der Waals surface area contributed by atoms with Gasteiger partial charge in [-0.2, -0.15) is 0 Å². The fourth-order valence-corrected chi connectivity index (χ4v) is 1.23. The molecule has 1 atom stereocenters. The first-order chi connectivity index (χ1) is 7.67. The summed E-state index contributed by atoms with van der Waals surface area (Å²) in [5, 5.41) is 2.70. The maximum atomic E-state index is 11.4. The van der Waals surface area contributed by atoms with E-state index in [4.69, 9.17) is 9.47 Å². The molecule has 0 saturated carbocycles. The number of carbonyl (C=O) groups is 1. The number of benzene rings is 1. The van der Waals surface area contributed by atoms with Crippen LogP contribution in [0.3, 0.4) is 0 Å². The zero-order valence-corrected chi connectivity index (χ0v) is 9.82. The molecule has 0 aromatic heterocycles. The van der Waals surface area contributed by atoms with E-state index in [0.29, 0.717) is 12.3 Å². The lowest BCUT2D eigenvalue weighted by molar-refractivity contribution is -0.127. The zero-order chi connectivity index (χ0) is 12.0. The van der Waals surface area contributed by atoms with Gasteiger partial charge in [0.1, 0.15) is 11.5 Å². The molecular formula is C12H17NO3. The molecule has 1 rings (SSSR count). The Balaban J connectivity index is 2.55. The summed E-state index contributed by atoms with van der Waals surface area (Å²) in [6, 6.07) is 7.13. The van der Waals surface area contributed by atoms with Crippen LogP contribution in [0.4, 0.5) is 0 Å². The van der Waals surface area contributed by atoms with Crippen molar-refractivity contribution in [2.45, 2.75) is 20.0 Å². The molecule has 4 heteroatoms. The Morgan fingerprint density at radius 2 is 1.88 bits per heavy atom. The molecule has 0 heterocycles. The molecule has 1 aromatic carbocycles. The molecule has 1 aromatic rings. The van der Waals surface area contributed by atoms with E-state index in [0.717, 1.165) is 5.75 Å². The van der Waals surface area contributed by atoms with Gasteiger partial charge in [-0.05, 0) is 38.1 Å². The fraction of sp³-hybridized carbons (Fsp3) is 0.417. The van der Waals surface area contributed by atoms with Gasteiger partial charge in [-0.3, -0.25) is 4.79 Å². The molecule has 1 amide bonds. The van der Waals surface area contributed by atoms with Crippen molar-refractivity contribution in [3.05, 3.63) is 24.3 Å². The predicted octanol–water partition coefficient (Wildman–Crippen LogP) is 1.60. The van der Waals surface area contributed by atoms with E-state index < -0.39 is 6.10 Å². The van der Waals surface area contributed by atoms with Gasteiger partial charge in [0, 0.05) is 6.54 Å². The molecule has 0 spiro atoms. The summed E-state index contributed by atoms with van der Waals surface area (Å²) in [5.74, 6) is 1.30. The molecule has 0 aliphatic heterocycles. The van der Waals surface area contributed by atoms with E-state index in [1.54, 1.807) is 38.3 Å². The third kappa shape index (κ3) is 3.46. The number of nitrogens with one attached hydrogen (secondary N) is 1. The largest absolute Gasteiger partial charge is 0.497 e. The highest BCUT2D eigenvalue weighted by atomic mass is 16.5. The summed E-state index contributed by atoms with van der Waals surface area (Å²) in [6.07, 6.45) is -0.492. The van der Waals surface area contributed by atoms with E-state index >= 15 is 0 Å². The minimum Gasteiger partial charge on any atom is -0.497 e. The van der Waals surface area contributed by atoms with Crippen molar-refractivity contribution in [3.63, 3.8) is 0 Å². The molecule has 0 fully saturated rings. The molecule has 0 saturated heterocycles. The van der Waals surface area contributed by atoms with Crippen molar-refractivity contribution >= 4 is 5.91 Å². The number of hydrogen-bond acceptors (Lipinski definition) is 3. The molecule has 88 valence electrons. The van der Waals surface area contributed by atoms with Crippen LogP contribution in [-0.2, 0) is 4.79 Å². The number of carbonyl (C=O) groups excluding carboxylic acids is 1. The van der Waals surface area contributed by atoms with Crippen LogP contribution in [0.25, 0.3) is 0 Å². The molecule has 1 N–H and O–H groups in total. The van der Waals surface area contributed by atoms with E-state index in [1.807, 2.05) is 6.92 Å². The number of ether oxygens (including phenoxy) is 2. The maximum Gasteiger partial charge on any atom is 0.260 e. The van der Waals surface area contributed by atoms with E-state index in [-0.39, 0.29) is 5.91 Å². The van der Waals surface area contributed by atoms with Gasteiger partial charge >= 0.3 is 0 Å². The van der Waals surface area contributed by atoms with Crippen LogP contribution in [0, 0.1) is 0 Å². The first-order valence-corrected chi connectivity index (χ1v) is 5.25. The van der Waals surface area contributed by atoms with E-state index in [1.165, 1.54) is 0 Å². The Morgan fingerprint density at radius 3 is 2.38 bits per heavy atom. The Morgan fingerprint density at radius 1 is 1.31 bits per heavy atom. The standard InChI is InChI=1S/C12H17NO3/c1-4-13-12(14)9(2)16-11-7-5-10(15-3)6-8-11/h5-9H,4H2,1-3H3,(H,13,14)/t9-/m1/s1. The minimum absolute atomic E-state index is 0.113. The maximum absolute atomic E-state index is 11.4. The summed E-state index contributed by atoms with van der Waals surface area (Å²) in [7, 11) is 1.60. The van der Waals surface area contributed by atoms with Crippen molar-refractivity contribution in [2.24, 2.45) is 0 Å². The van der Waals surface area contributed by atoms with Gasteiger partial charge in [0.25, 0.3) is 5.91 Å². The fourth-order valence-electron chi connectivity index (χ4n) is 1.23. The lowest BCUT2D eigenvalue weighted by Crippen LogP contribution is -2.36. The molecule has 0 unspecified atom stereocenters. The van der Waals surface area contributed by atoms with Crippen molar-refractivity contribution in [2.75, 3.05) is 13.7 Å². The van der Waals surface area contributed by atoms with Crippen molar-refractivity contribution < 1.29 is 14.3 Å². The second-order valence-electron chi connectivity index (χ2n) is 3.33. The number of likely N-dealkylation sites (N-methyl/N-ethyl adjacent to an activating group) is 1. The SMILES string of the molecule is CCNC(=O)[C@@H](C)Oc1ccc(OC)cc1. The monoisotopic (exact) mass is 223 g/mol. The predicted molar refractivity (Wildman–Crippen MR) is 61.8 cm³/mol. The van der Waals surface area contributed by atoms with Gasteiger partial charge in [-0.1, -0.05) is 0 Å². The number of rotatable bonds is 5. The normalized spacial score (nSPS) is 11.7. The zero-order valence-electron chi connectivity index (χ0n) is 9.82. The smallest absolute Gasteiger partial charge is 0.260 e. The summed E-state index contributed by atoms with van der Waals surface area (Å²) >= 11 is 0. The van der Waals surface area contributed by atoms with Gasteiger partial charge in [-0.15, -0.1) is 0 Å². The molecular weight excluding hydrogens is 206 g/mol. The first kappa shape index (κ1) is 12.4. The van der Waals surface area contributed by atoms with Gasteiger partial charge in [0.15, 0.2) is 6.10 Å². The molecule has 4 nitrogen and oxygen atoms in total. The molecule has 0 bridgehead atoms. The Hall–Kier alpha value is -1.71. The molecule has 0 aliphatic carbocycles. The minimum atomic E-state index is -0.492. The van der Waals surface area contributed by atoms with Gasteiger partial charge < -0.3 is 14.8 Å². The molecule has 0 radical (unpaired) electrons. The quantitative estimate of drug-likeness (QED) is 0.824. The number of methoxy groups -OCH3 is 1. The topological polar surface area (TPSA) is 47.6 Å². The molecule has 0 aliphatic rings. The Labute approximate surface area is 95.6 Å². The van der Waals surface area contributed by atoms with E-state index in [2.05, 4.69) is 5.32 Å². The van der Waals surface area contributed by atoms with Crippen LogP contribution < -0.4 is 14.8 Å². The van der Waals surface area contributed by atoms with Crippen molar-refractivity contribution in [3.8, 4) is 11.5 Å². The number of hydrogen-bond donors (Lipinski definition) is 1. The summed E-state index contributed by atoms with van der Waals surface area (Å²) in [5.41, 5.74) is 0. The van der Waals surface area contributed by atoms with Gasteiger partial charge in [0.2, 0.25) is 0 Å².